The molecule has 0 N–H and O–H groups in total. The molecule has 2 aromatic carbocycles. The van der Waals surface area contributed by atoms with Gasteiger partial charge in [0.05, 0.1) is 0 Å². The lowest BCUT2D eigenvalue weighted by atomic mass is 9.72. The Morgan fingerprint density at radius 2 is 0.767 bits per heavy atom. The lowest BCUT2D eigenvalue weighted by Gasteiger charge is -2.38. The average Bonchev–Trinajstić information content (AvgIpc) is 2.76. The molecule has 0 amide bonds. The zero-order valence-electron chi connectivity index (χ0n) is 19.7. The van der Waals surface area contributed by atoms with Crippen LogP contribution >= 0.6 is 0 Å². The van der Waals surface area contributed by atoms with Gasteiger partial charge in [-0.2, -0.15) is 0 Å². The number of benzene rings is 2. The second-order valence-electron chi connectivity index (χ2n) is 8.96. The molecule has 0 aliphatic heterocycles. The topological polar surface area (TPSA) is 6.48 Å². The highest BCUT2D eigenvalue weighted by Crippen LogP contribution is 2.44. The summed E-state index contributed by atoms with van der Waals surface area (Å²) < 4.78 is 0. The van der Waals surface area contributed by atoms with Crippen molar-refractivity contribution < 1.29 is 0 Å². The van der Waals surface area contributed by atoms with Crippen molar-refractivity contribution in [3.8, 4) is 0 Å². The molecule has 3 rings (SSSR count). The number of fused-ring (bicyclic) bond motifs is 2. The lowest BCUT2D eigenvalue weighted by molar-refractivity contribution is 0.255. The minimum Gasteiger partial charge on any atom is -0.302 e. The van der Waals surface area contributed by atoms with Crippen LogP contribution in [0.4, 0.5) is 0 Å². The van der Waals surface area contributed by atoms with E-state index in [4.69, 9.17) is 0 Å². The van der Waals surface area contributed by atoms with E-state index in [1.54, 1.807) is 22.3 Å². The van der Waals surface area contributed by atoms with E-state index in [0.29, 0.717) is 11.8 Å². The first-order chi connectivity index (χ1) is 14.7. The van der Waals surface area contributed by atoms with Crippen LogP contribution in [0.3, 0.4) is 0 Å². The van der Waals surface area contributed by atoms with E-state index >= 15 is 0 Å². The normalized spacial score (nSPS) is 17.9. The fourth-order valence-electron chi connectivity index (χ4n) is 5.39. The van der Waals surface area contributed by atoms with E-state index in [-0.39, 0.29) is 0 Å². The minimum absolute atomic E-state index is 0.484. The fraction of sp³-hybridized carbons (Fsp3) is 0.571. The van der Waals surface area contributed by atoms with Crippen molar-refractivity contribution in [1.82, 2.24) is 9.80 Å². The zero-order valence-corrected chi connectivity index (χ0v) is 19.7. The van der Waals surface area contributed by atoms with Gasteiger partial charge in [0.15, 0.2) is 0 Å². The summed E-state index contributed by atoms with van der Waals surface area (Å²) in [5.41, 5.74) is 6.25. The number of nitrogens with zero attached hydrogens (tertiary/aromatic N) is 2. The average molecular weight is 407 g/mol. The Bertz CT molecular complexity index is 645. The molecule has 1 aliphatic rings. The molecule has 0 spiro atoms. The molecule has 2 nitrogen and oxygen atoms in total. The maximum Gasteiger partial charge on any atom is 0.0223 e. The Hall–Kier alpha value is -1.64. The second-order valence-corrected chi connectivity index (χ2v) is 8.96. The van der Waals surface area contributed by atoms with Crippen molar-refractivity contribution in [1.29, 1.82) is 0 Å². The summed E-state index contributed by atoms with van der Waals surface area (Å²) in [6, 6.07) is 18.6. The van der Waals surface area contributed by atoms with Crippen LogP contribution in [0.25, 0.3) is 0 Å². The summed E-state index contributed by atoms with van der Waals surface area (Å²) in [6.45, 7) is 16.3. The third-order valence-electron chi connectivity index (χ3n) is 6.53. The lowest BCUT2D eigenvalue weighted by Crippen LogP contribution is -2.36. The highest BCUT2D eigenvalue weighted by atomic mass is 15.1. The summed E-state index contributed by atoms with van der Waals surface area (Å²) in [7, 11) is 0. The van der Waals surface area contributed by atoms with Crippen molar-refractivity contribution in [2.24, 2.45) is 0 Å². The molecule has 0 unspecified atom stereocenters. The van der Waals surface area contributed by atoms with Gasteiger partial charge in [-0.15, -0.1) is 0 Å². The quantitative estimate of drug-likeness (QED) is 0.396. The molecule has 0 fully saturated rings. The van der Waals surface area contributed by atoms with Gasteiger partial charge < -0.3 is 9.80 Å². The van der Waals surface area contributed by atoms with Crippen LogP contribution < -0.4 is 0 Å². The van der Waals surface area contributed by atoms with E-state index < -0.39 is 0 Å². The van der Waals surface area contributed by atoms with Gasteiger partial charge in [0, 0.05) is 24.9 Å². The van der Waals surface area contributed by atoms with Crippen molar-refractivity contribution in [2.45, 2.75) is 65.2 Å². The Morgan fingerprint density at radius 1 is 0.500 bits per heavy atom. The predicted molar refractivity (Wildman–Crippen MR) is 131 cm³/mol. The fourth-order valence-corrected chi connectivity index (χ4v) is 5.39. The second kappa shape index (κ2) is 11.7. The number of hydrogen-bond donors (Lipinski definition) is 0. The first kappa shape index (κ1) is 23.0. The van der Waals surface area contributed by atoms with Gasteiger partial charge in [0.1, 0.15) is 0 Å². The highest BCUT2D eigenvalue weighted by Gasteiger charge is 2.33. The van der Waals surface area contributed by atoms with Gasteiger partial charge in [-0.05, 0) is 74.1 Å². The molecule has 0 radical (unpaired) electrons. The molecule has 164 valence electrons. The van der Waals surface area contributed by atoms with Crippen LogP contribution in [0.5, 0.6) is 0 Å². The Kier molecular flexibility index (Phi) is 8.96. The van der Waals surface area contributed by atoms with Crippen molar-refractivity contribution >= 4 is 0 Å². The molecule has 0 bridgehead atoms. The standard InChI is InChI=1S/C28H42N2/c1-5-17-29(18-6-2)21-27-23-13-9-11-15-25(23)28(22-30(19-7-3)20-8-4)26-16-12-10-14-24(26)27/h9-16,27-28H,5-8,17-22H2,1-4H3. The summed E-state index contributed by atoms with van der Waals surface area (Å²) in [5.74, 6) is 0.968. The van der Waals surface area contributed by atoms with Crippen LogP contribution in [0.15, 0.2) is 48.5 Å². The summed E-state index contributed by atoms with van der Waals surface area (Å²) in [6.07, 6.45) is 4.90. The Morgan fingerprint density at radius 3 is 1.00 bits per heavy atom. The van der Waals surface area contributed by atoms with Crippen LogP contribution in [-0.4, -0.2) is 49.1 Å². The van der Waals surface area contributed by atoms with Crippen molar-refractivity contribution in [2.75, 3.05) is 39.3 Å². The van der Waals surface area contributed by atoms with E-state index in [1.165, 1.54) is 51.9 Å². The predicted octanol–water partition coefficient (Wildman–Crippen LogP) is 6.51. The van der Waals surface area contributed by atoms with Crippen molar-refractivity contribution in [3.05, 3.63) is 70.8 Å². The molecule has 0 aromatic heterocycles. The van der Waals surface area contributed by atoms with E-state index in [9.17, 15) is 0 Å². The van der Waals surface area contributed by atoms with Gasteiger partial charge in [-0.3, -0.25) is 0 Å². The molecule has 0 atom stereocenters. The third kappa shape index (κ3) is 5.34. The zero-order chi connectivity index (χ0) is 21.3. The molecule has 0 heterocycles. The maximum absolute atomic E-state index is 2.68. The Labute approximate surface area is 185 Å². The summed E-state index contributed by atoms with van der Waals surface area (Å²) in [4.78, 5) is 5.36. The molecule has 2 aromatic rings. The van der Waals surface area contributed by atoms with Crippen LogP contribution in [-0.2, 0) is 0 Å². The van der Waals surface area contributed by atoms with Gasteiger partial charge >= 0.3 is 0 Å². The minimum atomic E-state index is 0.484. The van der Waals surface area contributed by atoms with Crippen LogP contribution in [0.1, 0.15) is 87.5 Å². The maximum atomic E-state index is 2.68. The first-order valence-electron chi connectivity index (χ1n) is 12.4. The summed E-state index contributed by atoms with van der Waals surface area (Å²) >= 11 is 0. The molecule has 1 aliphatic carbocycles. The molecule has 2 heteroatoms. The van der Waals surface area contributed by atoms with Gasteiger partial charge in [0.25, 0.3) is 0 Å². The van der Waals surface area contributed by atoms with Crippen LogP contribution in [0, 0.1) is 0 Å². The van der Waals surface area contributed by atoms with Crippen LogP contribution in [0.2, 0.25) is 0 Å². The largest absolute Gasteiger partial charge is 0.302 e. The molecule has 0 saturated carbocycles. The van der Waals surface area contributed by atoms with E-state index in [1.807, 2.05) is 0 Å². The van der Waals surface area contributed by atoms with Gasteiger partial charge in [-0.1, -0.05) is 76.2 Å². The van der Waals surface area contributed by atoms with E-state index in [2.05, 4.69) is 86.0 Å². The Balaban J connectivity index is 1.99. The van der Waals surface area contributed by atoms with Crippen molar-refractivity contribution in [3.63, 3.8) is 0 Å². The smallest absolute Gasteiger partial charge is 0.0223 e. The number of rotatable bonds is 12. The first-order valence-corrected chi connectivity index (χ1v) is 12.4. The van der Waals surface area contributed by atoms with Gasteiger partial charge in [-0.25, -0.2) is 0 Å². The number of hydrogen-bond acceptors (Lipinski definition) is 2. The molecule has 0 saturated heterocycles. The third-order valence-corrected chi connectivity index (χ3v) is 6.53. The summed E-state index contributed by atoms with van der Waals surface area (Å²) in [5, 5.41) is 0. The molecule has 30 heavy (non-hydrogen) atoms. The molecular weight excluding hydrogens is 364 g/mol. The SMILES string of the molecule is CCCN(CCC)CC1c2ccccc2C(CN(CCC)CCC)c2ccccc21. The molecular formula is C28H42N2. The monoisotopic (exact) mass is 406 g/mol. The van der Waals surface area contributed by atoms with Gasteiger partial charge in [0.2, 0.25) is 0 Å². The van der Waals surface area contributed by atoms with E-state index in [0.717, 1.165) is 13.1 Å². The highest BCUT2D eigenvalue weighted by molar-refractivity contribution is 5.53.